The van der Waals surface area contributed by atoms with Gasteiger partial charge in [0.05, 0.1) is 11.4 Å². The van der Waals surface area contributed by atoms with Gasteiger partial charge in [0.1, 0.15) is 0 Å². The number of pyridine rings is 1. The monoisotopic (exact) mass is 350 g/mol. The normalized spacial score (nSPS) is 14.4. The summed E-state index contributed by atoms with van der Waals surface area (Å²) >= 11 is 0. The number of piperidine rings is 1. The topological polar surface area (TPSA) is 88.3 Å². The van der Waals surface area contributed by atoms with Crippen LogP contribution in [-0.4, -0.2) is 29.9 Å². The van der Waals surface area contributed by atoms with Crippen LogP contribution in [0.3, 0.4) is 0 Å². The van der Waals surface area contributed by atoms with Crippen LogP contribution in [-0.2, 0) is 4.79 Å². The number of nitrogens with zero attached hydrogens (tertiary/aromatic N) is 2. The quantitative estimate of drug-likeness (QED) is 0.812. The third kappa shape index (κ3) is 4.47. The summed E-state index contributed by atoms with van der Waals surface area (Å²) < 4.78 is 0. The lowest BCUT2D eigenvalue weighted by Gasteiger charge is -2.30. The zero-order chi connectivity index (χ0) is 18.4. The number of hydrogen-bond donors (Lipinski definition) is 2. The van der Waals surface area contributed by atoms with Crippen molar-refractivity contribution in [3.8, 4) is 0 Å². The van der Waals surface area contributed by atoms with Crippen LogP contribution < -0.4 is 16.0 Å². The van der Waals surface area contributed by atoms with Crippen molar-refractivity contribution >= 4 is 29.3 Å². The number of anilines is 2. The molecule has 0 bridgehead atoms. The van der Waals surface area contributed by atoms with Crippen LogP contribution in [0.2, 0.25) is 0 Å². The van der Waals surface area contributed by atoms with E-state index >= 15 is 0 Å². The fraction of sp³-hybridized carbons (Fsp3) is 0.250. The smallest absolute Gasteiger partial charge is 0.248 e. The van der Waals surface area contributed by atoms with E-state index in [0.29, 0.717) is 11.3 Å². The van der Waals surface area contributed by atoms with Gasteiger partial charge < -0.3 is 16.0 Å². The first kappa shape index (κ1) is 17.7. The highest BCUT2D eigenvalue weighted by molar-refractivity contribution is 6.05. The lowest BCUT2D eigenvalue weighted by Crippen LogP contribution is -2.30. The van der Waals surface area contributed by atoms with Gasteiger partial charge in [-0.2, -0.15) is 0 Å². The van der Waals surface area contributed by atoms with Crippen LogP contribution in [0.25, 0.3) is 6.08 Å². The molecular weight excluding hydrogens is 328 g/mol. The Morgan fingerprint density at radius 1 is 1.08 bits per heavy atom. The molecule has 0 radical (unpaired) electrons. The summed E-state index contributed by atoms with van der Waals surface area (Å²) in [7, 11) is 0. The van der Waals surface area contributed by atoms with Crippen LogP contribution in [0.5, 0.6) is 0 Å². The first-order chi connectivity index (χ1) is 12.6. The standard InChI is InChI=1S/C20H22N4O2/c21-20(26)16-5-6-18(24-12-2-1-3-13-24)17(14-16)23-19(25)7-4-15-8-10-22-11-9-15/h4-11,14H,1-3,12-13H2,(H2,21,26)(H,23,25)/b7-4+. The average Bonchev–Trinajstić information content (AvgIpc) is 2.68. The fourth-order valence-corrected chi connectivity index (χ4v) is 3.02. The number of nitrogens with one attached hydrogen (secondary N) is 1. The molecule has 1 aliphatic heterocycles. The molecule has 1 saturated heterocycles. The number of nitrogens with two attached hydrogens (primary N) is 1. The van der Waals surface area contributed by atoms with Gasteiger partial charge in [-0.25, -0.2) is 0 Å². The Bertz CT molecular complexity index is 812. The molecule has 1 aliphatic rings. The van der Waals surface area contributed by atoms with Crippen LogP contribution in [0.4, 0.5) is 11.4 Å². The Hall–Kier alpha value is -3.15. The summed E-state index contributed by atoms with van der Waals surface area (Å²) in [5, 5.41) is 2.88. The second kappa shape index (κ2) is 8.29. The van der Waals surface area contributed by atoms with E-state index in [1.165, 1.54) is 12.5 Å². The molecule has 0 spiro atoms. The molecule has 0 atom stereocenters. The van der Waals surface area contributed by atoms with Gasteiger partial charge in [-0.1, -0.05) is 0 Å². The maximum atomic E-state index is 12.4. The molecule has 26 heavy (non-hydrogen) atoms. The molecule has 1 aromatic carbocycles. The van der Waals surface area contributed by atoms with E-state index in [0.717, 1.165) is 37.2 Å². The number of rotatable bonds is 5. The maximum Gasteiger partial charge on any atom is 0.248 e. The third-order valence-electron chi connectivity index (χ3n) is 4.37. The minimum absolute atomic E-state index is 0.262. The number of aromatic nitrogens is 1. The second-order valence-corrected chi connectivity index (χ2v) is 6.25. The van der Waals surface area contributed by atoms with Crippen molar-refractivity contribution in [2.45, 2.75) is 19.3 Å². The molecule has 0 unspecified atom stereocenters. The van der Waals surface area contributed by atoms with E-state index in [4.69, 9.17) is 5.73 Å². The van der Waals surface area contributed by atoms with Crippen molar-refractivity contribution in [2.75, 3.05) is 23.3 Å². The van der Waals surface area contributed by atoms with E-state index in [-0.39, 0.29) is 5.91 Å². The van der Waals surface area contributed by atoms with Gasteiger partial charge in [0.25, 0.3) is 0 Å². The third-order valence-corrected chi connectivity index (χ3v) is 4.37. The maximum absolute atomic E-state index is 12.4. The van der Waals surface area contributed by atoms with Gasteiger partial charge in [0.15, 0.2) is 0 Å². The summed E-state index contributed by atoms with van der Waals surface area (Å²) in [6, 6.07) is 8.83. The van der Waals surface area contributed by atoms with E-state index in [1.54, 1.807) is 30.6 Å². The van der Waals surface area contributed by atoms with Gasteiger partial charge in [-0.05, 0) is 61.2 Å². The molecule has 2 amide bonds. The molecular formula is C20H22N4O2. The van der Waals surface area contributed by atoms with Gasteiger partial charge in [-0.15, -0.1) is 0 Å². The molecule has 6 nitrogen and oxygen atoms in total. The molecule has 0 saturated carbocycles. The SMILES string of the molecule is NC(=O)c1ccc(N2CCCCC2)c(NC(=O)/C=C/c2ccncc2)c1. The predicted molar refractivity (Wildman–Crippen MR) is 103 cm³/mol. The number of benzene rings is 1. The highest BCUT2D eigenvalue weighted by Gasteiger charge is 2.17. The summed E-state index contributed by atoms with van der Waals surface area (Å²) in [6.07, 6.45) is 9.97. The number of amides is 2. The zero-order valence-electron chi connectivity index (χ0n) is 14.5. The zero-order valence-corrected chi connectivity index (χ0v) is 14.5. The van der Waals surface area contributed by atoms with E-state index < -0.39 is 5.91 Å². The molecule has 2 heterocycles. The number of carbonyl (C=O) groups excluding carboxylic acids is 2. The Balaban J connectivity index is 1.81. The Morgan fingerprint density at radius 2 is 1.81 bits per heavy atom. The first-order valence-electron chi connectivity index (χ1n) is 8.71. The fourth-order valence-electron chi connectivity index (χ4n) is 3.02. The molecule has 1 aromatic heterocycles. The molecule has 3 rings (SSSR count). The first-order valence-corrected chi connectivity index (χ1v) is 8.71. The number of hydrogen-bond acceptors (Lipinski definition) is 4. The van der Waals surface area contributed by atoms with Gasteiger partial charge in [-0.3, -0.25) is 14.6 Å². The largest absolute Gasteiger partial charge is 0.370 e. The van der Waals surface area contributed by atoms with Crippen molar-refractivity contribution in [1.82, 2.24) is 4.98 Å². The average molecular weight is 350 g/mol. The van der Waals surface area contributed by atoms with Crippen LogP contribution in [0.15, 0.2) is 48.8 Å². The second-order valence-electron chi connectivity index (χ2n) is 6.25. The van der Waals surface area contributed by atoms with Crippen molar-refractivity contribution in [1.29, 1.82) is 0 Å². The molecule has 134 valence electrons. The van der Waals surface area contributed by atoms with Crippen molar-refractivity contribution in [2.24, 2.45) is 5.73 Å². The van der Waals surface area contributed by atoms with Gasteiger partial charge >= 0.3 is 0 Å². The minimum atomic E-state index is -0.516. The molecule has 0 aliphatic carbocycles. The predicted octanol–water partition coefficient (Wildman–Crippen LogP) is 2.82. The Labute approximate surface area is 152 Å². The minimum Gasteiger partial charge on any atom is -0.370 e. The molecule has 3 N–H and O–H groups in total. The summed E-state index contributed by atoms with van der Waals surface area (Å²) in [5.74, 6) is -0.778. The van der Waals surface area contributed by atoms with Gasteiger partial charge in [0.2, 0.25) is 11.8 Å². The van der Waals surface area contributed by atoms with Crippen LogP contribution in [0.1, 0.15) is 35.2 Å². The summed E-state index contributed by atoms with van der Waals surface area (Å²) in [6.45, 7) is 1.87. The summed E-state index contributed by atoms with van der Waals surface area (Å²) in [4.78, 5) is 30.0. The van der Waals surface area contributed by atoms with Crippen LogP contribution >= 0.6 is 0 Å². The van der Waals surface area contributed by atoms with Crippen molar-refractivity contribution in [3.05, 3.63) is 59.9 Å². The lowest BCUT2D eigenvalue weighted by molar-refractivity contribution is -0.111. The highest BCUT2D eigenvalue weighted by Crippen LogP contribution is 2.29. The lowest BCUT2D eigenvalue weighted by atomic mass is 10.1. The van der Waals surface area contributed by atoms with E-state index in [9.17, 15) is 9.59 Å². The number of primary amides is 1. The molecule has 6 heteroatoms. The number of carbonyl (C=O) groups is 2. The molecule has 1 fully saturated rings. The summed E-state index contributed by atoms with van der Waals surface area (Å²) in [5.41, 5.74) is 8.17. The van der Waals surface area contributed by atoms with Crippen molar-refractivity contribution in [3.63, 3.8) is 0 Å². The highest BCUT2D eigenvalue weighted by atomic mass is 16.1. The van der Waals surface area contributed by atoms with E-state index in [1.807, 2.05) is 18.2 Å². The molecule has 2 aromatic rings. The Morgan fingerprint density at radius 3 is 2.50 bits per heavy atom. The van der Waals surface area contributed by atoms with E-state index in [2.05, 4.69) is 15.2 Å². The Kier molecular flexibility index (Phi) is 5.63. The van der Waals surface area contributed by atoms with Crippen molar-refractivity contribution < 1.29 is 9.59 Å². The van der Waals surface area contributed by atoms with Crippen LogP contribution in [0, 0.1) is 0 Å². The van der Waals surface area contributed by atoms with Gasteiger partial charge in [0, 0.05) is 37.1 Å².